The van der Waals surface area contributed by atoms with Gasteiger partial charge in [0.05, 0.1) is 18.3 Å². The number of carbonyl (C=O) groups is 1. The van der Waals surface area contributed by atoms with E-state index in [1.807, 2.05) is 30.3 Å². The first-order valence-electron chi connectivity index (χ1n) is 8.49. The molecule has 1 atom stereocenters. The molecule has 0 saturated heterocycles. The number of carbonyl (C=O) groups excluding carboxylic acids is 1. The lowest BCUT2D eigenvalue weighted by Crippen LogP contribution is -2.28. The standard InChI is InChI=1S/C18H19N5O3/c1-10(24)14-9-23(22-20-14)13-7-12(8-13)15-16(18(19)25)21-26-17(15)11-5-3-2-4-6-11/h2-6,9-10,12-13,24H,7-8H2,1H3,(H2,19,25)/t10-,12?,13?/m0/s1. The number of rotatable bonds is 5. The lowest BCUT2D eigenvalue weighted by molar-refractivity contribution is 0.0989. The van der Waals surface area contributed by atoms with Gasteiger partial charge in [-0.15, -0.1) is 5.10 Å². The number of primary amides is 1. The third kappa shape index (κ3) is 2.78. The number of benzene rings is 1. The molecule has 0 unspecified atom stereocenters. The quantitative estimate of drug-likeness (QED) is 0.725. The highest BCUT2D eigenvalue weighted by Crippen LogP contribution is 2.48. The van der Waals surface area contributed by atoms with Crippen molar-refractivity contribution in [3.8, 4) is 11.3 Å². The molecule has 1 aromatic carbocycles. The summed E-state index contributed by atoms with van der Waals surface area (Å²) < 4.78 is 7.22. The van der Waals surface area contributed by atoms with E-state index in [4.69, 9.17) is 10.3 Å². The van der Waals surface area contributed by atoms with Gasteiger partial charge >= 0.3 is 0 Å². The van der Waals surface area contributed by atoms with E-state index < -0.39 is 12.0 Å². The van der Waals surface area contributed by atoms with Gasteiger partial charge in [0.1, 0.15) is 5.69 Å². The fourth-order valence-electron chi connectivity index (χ4n) is 3.35. The highest BCUT2D eigenvalue weighted by atomic mass is 16.5. The molecule has 8 nitrogen and oxygen atoms in total. The minimum atomic E-state index is -0.649. The van der Waals surface area contributed by atoms with Crippen LogP contribution in [0.3, 0.4) is 0 Å². The number of nitrogens with two attached hydrogens (primary N) is 1. The summed E-state index contributed by atoms with van der Waals surface area (Å²) in [5, 5.41) is 21.6. The Bertz CT molecular complexity index is 925. The van der Waals surface area contributed by atoms with Crippen molar-refractivity contribution in [1.29, 1.82) is 0 Å². The van der Waals surface area contributed by atoms with Crippen LogP contribution in [-0.2, 0) is 0 Å². The van der Waals surface area contributed by atoms with Crippen LogP contribution in [0.5, 0.6) is 0 Å². The van der Waals surface area contributed by atoms with Crippen LogP contribution >= 0.6 is 0 Å². The summed E-state index contributed by atoms with van der Waals surface area (Å²) in [6, 6.07) is 9.70. The van der Waals surface area contributed by atoms with E-state index in [2.05, 4.69) is 15.5 Å². The van der Waals surface area contributed by atoms with Gasteiger partial charge in [-0.3, -0.25) is 4.79 Å². The molecule has 26 heavy (non-hydrogen) atoms. The highest BCUT2D eigenvalue weighted by Gasteiger charge is 2.38. The summed E-state index contributed by atoms with van der Waals surface area (Å²) in [6.45, 7) is 1.65. The van der Waals surface area contributed by atoms with Crippen molar-refractivity contribution in [1.82, 2.24) is 20.2 Å². The minimum absolute atomic E-state index is 0.100. The van der Waals surface area contributed by atoms with Crippen LogP contribution in [0, 0.1) is 0 Å². The van der Waals surface area contributed by atoms with Crippen LogP contribution < -0.4 is 5.73 Å². The molecule has 3 aromatic rings. The fourth-order valence-corrected chi connectivity index (χ4v) is 3.35. The van der Waals surface area contributed by atoms with E-state index >= 15 is 0 Å². The van der Waals surface area contributed by atoms with Gasteiger partial charge in [0.15, 0.2) is 11.5 Å². The summed E-state index contributed by atoms with van der Waals surface area (Å²) in [5.74, 6) is 0.0980. The topological polar surface area (TPSA) is 120 Å². The average molecular weight is 353 g/mol. The van der Waals surface area contributed by atoms with Crippen molar-refractivity contribution < 1.29 is 14.4 Å². The lowest BCUT2D eigenvalue weighted by Gasteiger charge is -2.35. The van der Waals surface area contributed by atoms with Crippen molar-refractivity contribution in [3.63, 3.8) is 0 Å². The number of hydrogen-bond acceptors (Lipinski definition) is 6. The van der Waals surface area contributed by atoms with E-state index in [9.17, 15) is 9.90 Å². The number of aliphatic hydroxyl groups is 1. The van der Waals surface area contributed by atoms with Gasteiger partial charge in [-0.2, -0.15) is 0 Å². The second-order valence-corrected chi connectivity index (χ2v) is 6.63. The molecule has 8 heteroatoms. The molecule has 3 N–H and O–H groups in total. The molecule has 0 aliphatic heterocycles. The Hall–Kier alpha value is -3.00. The molecule has 0 radical (unpaired) electrons. The Kier molecular flexibility index (Phi) is 4.04. The van der Waals surface area contributed by atoms with Crippen LogP contribution in [-0.4, -0.2) is 31.2 Å². The molecule has 4 rings (SSSR count). The molecule has 2 heterocycles. The highest BCUT2D eigenvalue weighted by molar-refractivity contribution is 5.94. The first kappa shape index (κ1) is 16.5. The van der Waals surface area contributed by atoms with Gasteiger partial charge in [0.2, 0.25) is 0 Å². The average Bonchev–Trinajstić information content (AvgIpc) is 3.22. The van der Waals surface area contributed by atoms with Crippen LogP contribution in [0.2, 0.25) is 0 Å². The first-order chi connectivity index (χ1) is 12.5. The molecule has 134 valence electrons. The third-order valence-electron chi connectivity index (χ3n) is 4.85. The first-order valence-corrected chi connectivity index (χ1v) is 8.49. The molecule has 1 saturated carbocycles. The molecule has 1 fully saturated rings. The second-order valence-electron chi connectivity index (χ2n) is 6.63. The monoisotopic (exact) mass is 353 g/mol. The van der Waals surface area contributed by atoms with Crippen LogP contribution in [0.15, 0.2) is 41.1 Å². The van der Waals surface area contributed by atoms with Crippen molar-refractivity contribution >= 4 is 5.91 Å². The van der Waals surface area contributed by atoms with Gasteiger partial charge < -0.3 is 15.4 Å². The normalized spacial score (nSPS) is 20.5. The Morgan fingerprint density at radius 1 is 1.35 bits per heavy atom. The van der Waals surface area contributed by atoms with Crippen LogP contribution in [0.4, 0.5) is 0 Å². The van der Waals surface area contributed by atoms with E-state index in [0.717, 1.165) is 24.0 Å². The molecule has 2 aromatic heterocycles. The van der Waals surface area contributed by atoms with Gasteiger partial charge in [-0.25, -0.2) is 4.68 Å². The van der Waals surface area contributed by atoms with E-state index in [1.54, 1.807) is 17.8 Å². The number of aliphatic hydroxyl groups excluding tert-OH is 1. The molecule has 1 aliphatic rings. The van der Waals surface area contributed by atoms with Crippen LogP contribution in [0.25, 0.3) is 11.3 Å². The summed E-state index contributed by atoms with van der Waals surface area (Å²) in [5.41, 5.74) is 7.85. The smallest absolute Gasteiger partial charge is 0.271 e. The second kappa shape index (κ2) is 6.38. The van der Waals surface area contributed by atoms with Gasteiger partial charge in [0.25, 0.3) is 5.91 Å². The summed E-state index contributed by atoms with van der Waals surface area (Å²) in [4.78, 5) is 11.8. The van der Waals surface area contributed by atoms with Crippen LogP contribution in [0.1, 0.15) is 59.6 Å². The fraction of sp³-hybridized carbons (Fsp3) is 0.333. The maximum atomic E-state index is 11.8. The molecule has 0 spiro atoms. The predicted molar refractivity (Wildman–Crippen MR) is 92.1 cm³/mol. The Labute approximate surface area is 149 Å². The molecule has 0 bridgehead atoms. The van der Waals surface area contributed by atoms with Crippen molar-refractivity contribution in [2.24, 2.45) is 5.73 Å². The zero-order valence-electron chi connectivity index (χ0n) is 14.2. The number of nitrogens with zero attached hydrogens (tertiary/aromatic N) is 4. The summed E-state index contributed by atoms with van der Waals surface area (Å²) in [7, 11) is 0. The maximum Gasteiger partial charge on any atom is 0.271 e. The third-order valence-corrected chi connectivity index (χ3v) is 4.85. The Morgan fingerprint density at radius 2 is 2.08 bits per heavy atom. The van der Waals surface area contributed by atoms with E-state index in [1.165, 1.54) is 0 Å². The van der Waals surface area contributed by atoms with Gasteiger partial charge in [-0.05, 0) is 25.7 Å². The number of amides is 1. The summed E-state index contributed by atoms with van der Waals surface area (Å²) in [6.07, 6.45) is 2.64. The van der Waals surface area contributed by atoms with Gasteiger partial charge in [0, 0.05) is 11.1 Å². The SMILES string of the molecule is C[C@H](O)c1cn(C2CC(c3c(C(N)=O)noc3-c3ccccc3)C2)nn1. The van der Waals surface area contributed by atoms with Crippen molar-refractivity contribution in [2.45, 2.75) is 37.8 Å². The Balaban J connectivity index is 1.60. The van der Waals surface area contributed by atoms with Gasteiger partial charge in [-0.1, -0.05) is 40.7 Å². The summed E-state index contributed by atoms with van der Waals surface area (Å²) >= 11 is 0. The molecular weight excluding hydrogens is 334 g/mol. The van der Waals surface area contributed by atoms with Crippen molar-refractivity contribution in [3.05, 3.63) is 53.5 Å². The molecule has 1 amide bonds. The van der Waals surface area contributed by atoms with Crippen molar-refractivity contribution in [2.75, 3.05) is 0 Å². The zero-order chi connectivity index (χ0) is 18.3. The van der Waals surface area contributed by atoms with E-state index in [0.29, 0.717) is 11.5 Å². The zero-order valence-corrected chi connectivity index (χ0v) is 14.2. The maximum absolute atomic E-state index is 11.8. The Morgan fingerprint density at radius 3 is 2.69 bits per heavy atom. The number of aromatic nitrogens is 4. The lowest BCUT2D eigenvalue weighted by atomic mass is 9.74. The van der Waals surface area contributed by atoms with E-state index in [-0.39, 0.29) is 17.7 Å². The largest absolute Gasteiger partial charge is 0.387 e. The number of hydrogen-bond donors (Lipinski definition) is 2. The minimum Gasteiger partial charge on any atom is -0.387 e. The molecular formula is C18H19N5O3. The predicted octanol–water partition coefficient (Wildman–Crippen LogP) is 2.20. The molecule has 1 aliphatic carbocycles.